The predicted octanol–water partition coefficient (Wildman–Crippen LogP) is 5.21. The number of halogens is 3. The Bertz CT molecular complexity index is 1470. The lowest BCUT2D eigenvalue weighted by atomic mass is 10.1. The van der Waals surface area contributed by atoms with Gasteiger partial charge >= 0.3 is 0 Å². The summed E-state index contributed by atoms with van der Waals surface area (Å²) < 4.78 is 30.3. The molecule has 0 saturated carbocycles. The molecule has 5 aromatic rings. The minimum atomic E-state index is -1.09. The zero-order valence-corrected chi connectivity index (χ0v) is 16.4. The molecule has 0 aliphatic rings. The first-order chi connectivity index (χ1) is 14.4. The van der Waals surface area contributed by atoms with Crippen molar-refractivity contribution < 1.29 is 13.6 Å². The topological polar surface area (TPSA) is 52.7 Å². The van der Waals surface area contributed by atoms with E-state index in [1.165, 1.54) is 10.6 Å². The lowest BCUT2D eigenvalue weighted by Crippen LogP contribution is -2.14. The van der Waals surface area contributed by atoms with Crippen LogP contribution in [0.1, 0.15) is 10.4 Å². The molecule has 0 aliphatic heterocycles. The highest BCUT2D eigenvalue weighted by atomic mass is 35.5. The van der Waals surface area contributed by atoms with E-state index in [0.717, 1.165) is 23.0 Å². The molecule has 0 amide bonds. The predicted molar refractivity (Wildman–Crippen MR) is 111 cm³/mol. The Labute approximate surface area is 174 Å². The van der Waals surface area contributed by atoms with Crippen LogP contribution >= 0.6 is 11.6 Å². The first-order valence-electron chi connectivity index (χ1n) is 9.03. The molecule has 0 aliphatic carbocycles. The average Bonchev–Trinajstić information content (AvgIpc) is 3.30. The number of carbonyl (C=O) groups is 1. The van der Waals surface area contributed by atoms with Crippen molar-refractivity contribution >= 4 is 39.4 Å². The molecular formula is C22H13ClF2N4O. The monoisotopic (exact) mass is 422 g/mol. The van der Waals surface area contributed by atoms with Gasteiger partial charge in [-0.05, 0) is 42.5 Å². The number of imidazole rings is 1. The van der Waals surface area contributed by atoms with E-state index in [2.05, 4.69) is 10.1 Å². The maximum atomic E-state index is 13.8. The number of fused-ring (bicyclic) bond motifs is 2. The summed E-state index contributed by atoms with van der Waals surface area (Å²) in [5.74, 6) is -2.28. The molecule has 0 saturated heterocycles. The molecule has 8 heteroatoms. The van der Waals surface area contributed by atoms with E-state index < -0.39 is 17.5 Å². The molecule has 0 bridgehead atoms. The molecule has 5 rings (SSSR count). The van der Waals surface area contributed by atoms with Crippen LogP contribution in [0, 0.1) is 11.6 Å². The summed E-state index contributed by atoms with van der Waals surface area (Å²) in [6, 6.07) is 13.6. The van der Waals surface area contributed by atoms with E-state index in [9.17, 15) is 13.6 Å². The molecule has 2 heterocycles. The Kier molecular flexibility index (Phi) is 4.15. The maximum Gasteiger partial charge on any atom is 0.264 e. The number of aromatic nitrogens is 4. The lowest BCUT2D eigenvalue weighted by molar-refractivity contribution is 0.0965. The van der Waals surface area contributed by atoms with E-state index in [-0.39, 0.29) is 5.56 Å². The smallest absolute Gasteiger partial charge is 0.264 e. The van der Waals surface area contributed by atoms with Crippen LogP contribution in [-0.2, 0) is 7.05 Å². The lowest BCUT2D eigenvalue weighted by Gasteiger charge is -2.09. The van der Waals surface area contributed by atoms with Gasteiger partial charge in [-0.3, -0.25) is 14.0 Å². The molecule has 0 radical (unpaired) electrons. The highest BCUT2D eigenvalue weighted by molar-refractivity contribution is 6.31. The fraction of sp³-hybridized carbons (Fsp3) is 0.0455. The van der Waals surface area contributed by atoms with Crippen LogP contribution in [0.3, 0.4) is 0 Å². The Morgan fingerprint density at radius 3 is 2.63 bits per heavy atom. The van der Waals surface area contributed by atoms with Crippen LogP contribution in [0.4, 0.5) is 8.78 Å². The molecule has 2 aromatic heterocycles. The number of benzene rings is 3. The third kappa shape index (κ3) is 2.78. The summed E-state index contributed by atoms with van der Waals surface area (Å²) >= 11 is 6.12. The van der Waals surface area contributed by atoms with Gasteiger partial charge < -0.3 is 0 Å². The first-order valence-corrected chi connectivity index (χ1v) is 9.40. The second-order valence-corrected chi connectivity index (χ2v) is 7.28. The molecule has 3 aromatic carbocycles. The van der Waals surface area contributed by atoms with Crippen molar-refractivity contribution in [1.82, 2.24) is 19.3 Å². The largest absolute Gasteiger partial charge is 0.268 e. The van der Waals surface area contributed by atoms with E-state index in [4.69, 9.17) is 11.6 Å². The van der Waals surface area contributed by atoms with Crippen molar-refractivity contribution in [3.63, 3.8) is 0 Å². The van der Waals surface area contributed by atoms with Crippen molar-refractivity contribution in [1.29, 1.82) is 0 Å². The minimum absolute atomic E-state index is 0.00256. The van der Waals surface area contributed by atoms with Crippen molar-refractivity contribution in [2.75, 3.05) is 0 Å². The summed E-state index contributed by atoms with van der Waals surface area (Å²) in [4.78, 5) is 18.0. The van der Waals surface area contributed by atoms with Crippen LogP contribution in [0.5, 0.6) is 0 Å². The Morgan fingerprint density at radius 2 is 1.83 bits per heavy atom. The summed E-state index contributed by atoms with van der Waals surface area (Å²) in [6.07, 6.45) is 1.70. The summed E-state index contributed by atoms with van der Waals surface area (Å²) in [7, 11) is 1.82. The van der Waals surface area contributed by atoms with Gasteiger partial charge in [-0.15, -0.1) is 0 Å². The number of aryl methyl sites for hydroxylation is 1. The average molecular weight is 423 g/mol. The van der Waals surface area contributed by atoms with Crippen molar-refractivity contribution in [3.05, 3.63) is 83.0 Å². The molecule has 148 valence electrons. The van der Waals surface area contributed by atoms with Gasteiger partial charge in [0.25, 0.3) is 5.91 Å². The summed E-state index contributed by atoms with van der Waals surface area (Å²) in [6.45, 7) is 0. The van der Waals surface area contributed by atoms with Crippen LogP contribution < -0.4 is 0 Å². The van der Waals surface area contributed by atoms with Gasteiger partial charge in [0.2, 0.25) is 0 Å². The van der Waals surface area contributed by atoms with Crippen molar-refractivity contribution in [3.8, 4) is 11.4 Å². The normalized spacial score (nSPS) is 11.5. The highest BCUT2D eigenvalue weighted by Gasteiger charge is 2.22. The van der Waals surface area contributed by atoms with Crippen molar-refractivity contribution in [2.45, 2.75) is 0 Å². The molecule has 0 fully saturated rings. The van der Waals surface area contributed by atoms with Crippen LogP contribution in [0.2, 0.25) is 5.02 Å². The van der Waals surface area contributed by atoms with Gasteiger partial charge in [-0.2, -0.15) is 5.10 Å². The van der Waals surface area contributed by atoms with E-state index in [1.807, 2.05) is 25.2 Å². The minimum Gasteiger partial charge on any atom is -0.268 e. The third-order valence-corrected chi connectivity index (χ3v) is 5.25. The third-order valence-electron chi connectivity index (χ3n) is 5.02. The Morgan fingerprint density at radius 1 is 1.00 bits per heavy atom. The van der Waals surface area contributed by atoms with E-state index >= 15 is 0 Å². The first kappa shape index (κ1) is 18.4. The van der Waals surface area contributed by atoms with E-state index in [0.29, 0.717) is 27.4 Å². The molecule has 0 unspecified atom stereocenters. The number of nitrogens with zero attached hydrogens (tertiary/aromatic N) is 4. The summed E-state index contributed by atoms with van der Waals surface area (Å²) in [5.41, 5.74) is 2.57. The molecule has 0 N–H and O–H groups in total. The fourth-order valence-corrected chi connectivity index (χ4v) is 3.74. The van der Waals surface area contributed by atoms with Gasteiger partial charge in [-0.25, -0.2) is 13.8 Å². The van der Waals surface area contributed by atoms with Gasteiger partial charge in [0.1, 0.15) is 5.82 Å². The van der Waals surface area contributed by atoms with Gasteiger partial charge in [0.15, 0.2) is 11.6 Å². The standard InChI is InChI=1S/C22H13ClF2N4O/c1-28-19-4-2-3-14(15(19)11-26-28)21-27-18-10-13(23)6-8-20(18)29(21)22(30)12-5-7-16(24)17(25)9-12/h2-11H,1H3. The zero-order valence-electron chi connectivity index (χ0n) is 15.6. The zero-order chi connectivity index (χ0) is 21.0. The second-order valence-electron chi connectivity index (χ2n) is 6.84. The van der Waals surface area contributed by atoms with Gasteiger partial charge in [0, 0.05) is 28.6 Å². The van der Waals surface area contributed by atoms with Gasteiger partial charge in [0.05, 0.1) is 22.7 Å². The number of hydrogen-bond acceptors (Lipinski definition) is 3. The SMILES string of the molecule is Cn1ncc2c(-c3nc4cc(Cl)ccc4n3C(=O)c3ccc(F)c(F)c3)cccc21. The Balaban J connectivity index is 1.82. The summed E-state index contributed by atoms with van der Waals surface area (Å²) in [5, 5.41) is 5.56. The number of hydrogen-bond donors (Lipinski definition) is 0. The van der Waals surface area contributed by atoms with Crippen LogP contribution in [-0.4, -0.2) is 25.2 Å². The van der Waals surface area contributed by atoms with E-state index in [1.54, 1.807) is 29.1 Å². The molecule has 0 atom stereocenters. The highest BCUT2D eigenvalue weighted by Crippen LogP contribution is 2.32. The molecule has 0 spiro atoms. The second kappa shape index (κ2) is 6.74. The fourth-order valence-electron chi connectivity index (χ4n) is 3.57. The molecular weight excluding hydrogens is 410 g/mol. The number of rotatable bonds is 2. The Hall–Kier alpha value is -3.58. The quantitative estimate of drug-likeness (QED) is 0.392. The van der Waals surface area contributed by atoms with Crippen molar-refractivity contribution in [2.24, 2.45) is 7.05 Å². The van der Waals surface area contributed by atoms with Crippen LogP contribution in [0.15, 0.2) is 60.8 Å². The van der Waals surface area contributed by atoms with Crippen LogP contribution in [0.25, 0.3) is 33.3 Å². The van der Waals surface area contributed by atoms with Gasteiger partial charge in [-0.1, -0.05) is 23.7 Å². The molecule has 5 nitrogen and oxygen atoms in total. The molecule has 30 heavy (non-hydrogen) atoms. The maximum absolute atomic E-state index is 13.8. The number of carbonyl (C=O) groups excluding carboxylic acids is 1.